The number of hydrogen-bond acceptors (Lipinski definition) is 3. The minimum Gasteiger partial charge on any atom is -0.381 e. The van der Waals surface area contributed by atoms with Crippen LogP contribution in [0.25, 0.3) is 0 Å². The Bertz CT molecular complexity index is 704. The van der Waals surface area contributed by atoms with Crippen LogP contribution in [0.5, 0.6) is 0 Å². The minimum atomic E-state index is -0.773. The van der Waals surface area contributed by atoms with Gasteiger partial charge in [-0.3, -0.25) is 0 Å². The first-order valence-electron chi connectivity index (χ1n) is 5.76. The summed E-state index contributed by atoms with van der Waals surface area (Å²) in [5.41, 5.74) is 0.838. The summed E-state index contributed by atoms with van der Waals surface area (Å²) in [6, 6.07) is 12.2. The van der Waals surface area contributed by atoms with Crippen molar-refractivity contribution in [1.82, 2.24) is 0 Å². The monoisotopic (exact) mass is 269 g/mol. The number of nitrogens with zero attached hydrogens (tertiary/aromatic N) is 2. The van der Waals surface area contributed by atoms with Crippen molar-refractivity contribution in [1.29, 1.82) is 10.5 Å². The Morgan fingerprint density at radius 2 is 1.60 bits per heavy atom. The molecule has 3 nitrogen and oxygen atoms in total. The Balaban J connectivity index is 2.19. The lowest BCUT2D eigenvalue weighted by molar-refractivity contribution is 0.559. The molecule has 0 spiro atoms. The highest BCUT2D eigenvalue weighted by atomic mass is 19.1. The number of nitriles is 2. The highest BCUT2D eigenvalue weighted by molar-refractivity contribution is 5.49. The smallest absolute Gasteiger partial charge is 0.132 e. The first-order valence-corrected chi connectivity index (χ1v) is 5.76. The maximum atomic E-state index is 13.7. The number of benzene rings is 2. The van der Waals surface area contributed by atoms with E-state index in [1.54, 1.807) is 30.3 Å². The summed E-state index contributed by atoms with van der Waals surface area (Å²) in [7, 11) is 0. The zero-order chi connectivity index (χ0) is 14.5. The fourth-order valence-corrected chi connectivity index (χ4v) is 1.73. The van der Waals surface area contributed by atoms with Gasteiger partial charge in [0.2, 0.25) is 0 Å². The SMILES string of the molecule is N#Cc1cccc(NCc2c(F)cc(C#N)cc2F)c1. The second-order valence-electron chi connectivity index (χ2n) is 4.08. The summed E-state index contributed by atoms with van der Waals surface area (Å²) in [6.45, 7) is -0.0712. The lowest BCUT2D eigenvalue weighted by Crippen LogP contribution is -2.05. The predicted octanol–water partition coefficient (Wildman–Crippen LogP) is 3.32. The lowest BCUT2D eigenvalue weighted by Gasteiger charge is -2.09. The van der Waals surface area contributed by atoms with Gasteiger partial charge in [0.25, 0.3) is 0 Å². The first-order chi connectivity index (χ1) is 9.63. The standard InChI is InChI=1S/C15H9F2N3/c16-14-5-11(8-19)6-15(17)13(14)9-20-12-3-1-2-10(4-12)7-18/h1-6,20H,9H2. The normalized spacial score (nSPS) is 9.60. The summed E-state index contributed by atoms with van der Waals surface area (Å²) < 4.78 is 27.3. The minimum absolute atomic E-state index is 0.0600. The molecular weight excluding hydrogens is 260 g/mol. The molecule has 98 valence electrons. The molecule has 0 amide bonds. The van der Waals surface area contributed by atoms with E-state index in [4.69, 9.17) is 10.5 Å². The molecule has 20 heavy (non-hydrogen) atoms. The van der Waals surface area contributed by atoms with Crippen molar-refractivity contribution in [2.24, 2.45) is 0 Å². The topological polar surface area (TPSA) is 59.6 Å². The van der Waals surface area contributed by atoms with E-state index in [0.717, 1.165) is 12.1 Å². The second-order valence-corrected chi connectivity index (χ2v) is 4.08. The fourth-order valence-electron chi connectivity index (χ4n) is 1.73. The fraction of sp³-hybridized carbons (Fsp3) is 0.0667. The highest BCUT2D eigenvalue weighted by Crippen LogP contribution is 2.17. The molecule has 0 saturated heterocycles. The molecule has 0 radical (unpaired) electrons. The molecule has 0 aliphatic heterocycles. The Morgan fingerprint density at radius 3 is 2.20 bits per heavy atom. The maximum Gasteiger partial charge on any atom is 0.132 e. The Morgan fingerprint density at radius 1 is 0.950 bits per heavy atom. The molecule has 0 aliphatic rings. The third-order valence-electron chi connectivity index (χ3n) is 2.73. The van der Waals surface area contributed by atoms with E-state index in [1.165, 1.54) is 0 Å². The van der Waals surface area contributed by atoms with Crippen LogP contribution in [0.1, 0.15) is 16.7 Å². The van der Waals surface area contributed by atoms with Gasteiger partial charge in [-0.15, -0.1) is 0 Å². The molecule has 0 aromatic heterocycles. The van der Waals surface area contributed by atoms with E-state index >= 15 is 0 Å². The third kappa shape index (κ3) is 2.90. The van der Waals surface area contributed by atoms with Gasteiger partial charge >= 0.3 is 0 Å². The van der Waals surface area contributed by atoms with Crippen molar-refractivity contribution in [2.75, 3.05) is 5.32 Å². The third-order valence-corrected chi connectivity index (χ3v) is 2.73. The van der Waals surface area contributed by atoms with Crippen molar-refractivity contribution < 1.29 is 8.78 Å². The van der Waals surface area contributed by atoms with E-state index in [1.807, 2.05) is 6.07 Å². The van der Waals surface area contributed by atoms with Gasteiger partial charge in [0.15, 0.2) is 0 Å². The van der Waals surface area contributed by atoms with Crippen LogP contribution < -0.4 is 5.32 Å². The summed E-state index contributed by atoms with van der Waals surface area (Å²) >= 11 is 0. The van der Waals surface area contributed by atoms with E-state index in [9.17, 15) is 8.78 Å². The van der Waals surface area contributed by atoms with Crippen LogP contribution in [0.2, 0.25) is 0 Å². The first kappa shape index (κ1) is 13.5. The highest BCUT2D eigenvalue weighted by Gasteiger charge is 2.11. The second kappa shape index (κ2) is 5.81. The molecule has 0 bridgehead atoms. The number of halogens is 2. The number of rotatable bonds is 3. The maximum absolute atomic E-state index is 13.7. The van der Waals surface area contributed by atoms with Gasteiger partial charge < -0.3 is 5.32 Å². The summed E-state index contributed by atoms with van der Waals surface area (Å²) in [6.07, 6.45) is 0. The molecule has 2 rings (SSSR count). The van der Waals surface area contributed by atoms with E-state index < -0.39 is 11.6 Å². The van der Waals surface area contributed by atoms with Crippen molar-refractivity contribution in [3.63, 3.8) is 0 Å². The Hall–Kier alpha value is -2.92. The van der Waals surface area contributed by atoms with Gasteiger partial charge in [-0.1, -0.05) is 6.07 Å². The van der Waals surface area contributed by atoms with Crippen LogP contribution in [0.3, 0.4) is 0 Å². The molecular formula is C15H9F2N3. The largest absolute Gasteiger partial charge is 0.381 e. The number of hydrogen-bond donors (Lipinski definition) is 1. The van der Waals surface area contributed by atoms with Crippen molar-refractivity contribution in [2.45, 2.75) is 6.54 Å². The zero-order valence-corrected chi connectivity index (χ0v) is 10.3. The molecule has 0 heterocycles. The zero-order valence-electron chi connectivity index (χ0n) is 10.3. The van der Waals surface area contributed by atoms with Crippen LogP contribution in [-0.4, -0.2) is 0 Å². The van der Waals surface area contributed by atoms with Gasteiger partial charge in [0.05, 0.1) is 23.3 Å². The predicted molar refractivity (Wildman–Crippen MR) is 69.6 cm³/mol. The van der Waals surface area contributed by atoms with Crippen LogP contribution in [0.15, 0.2) is 36.4 Å². The number of nitrogens with one attached hydrogen (secondary N) is 1. The van der Waals surface area contributed by atoms with Crippen LogP contribution in [0.4, 0.5) is 14.5 Å². The van der Waals surface area contributed by atoms with Gasteiger partial charge in [-0.2, -0.15) is 10.5 Å². The molecule has 0 unspecified atom stereocenters. The Kier molecular flexibility index (Phi) is 3.93. The Labute approximate surface area is 114 Å². The number of anilines is 1. The molecule has 0 aliphatic carbocycles. The summed E-state index contributed by atoms with van der Waals surface area (Å²) in [5.74, 6) is -1.55. The van der Waals surface area contributed by atoms with Crippen molar-refractivity contribution >= 4 is 5.69 Å². The van der Waals surface area contributed by atoms with E-state index in [0.29, 0.717) is 11.3 Å². The van der Waals surface area contributed by atoms with E-state index in [-0.39, 0.29) is 17.7 Å². The van der Waals surface area contributed by atoms with Gasteiger partial charge in [0.1, 0.15) is 11.6 Å². The summed E-state index contributed by atoms with van der Waals surface area (Å²) in [4.78, 5) is 0. The molecule has 2 aromatic rings. The molecule has 0 fully saturated rings. The van der Waals surface area contributed by atoms with Crippen molar-refractivity contribution in [3.05, 3.63) is 64.7 Å². The van der Waals surface area contributed by atoms with E-state index in [2.05, 4.69) is 5.32 Å². The van der Waals surface area contributed by atoms with Gasteiger partial charge in [-0.25, -0.2) is 8.78 Å². The van der Waals surface area contributed by atoms with Crippen LogP contribution in [0, 0.1) is 34.3 Å². The van der Waals surface area contributed by atoms with Crippen LogP contribution >= 0.6 is 0 Å². The molecule has 2 aromatic carbocycles. The summed E-state index contributed by atoms with van der Waals surface area (Å²) in [5, 5.41) is 20.2. The lowest BCUT2D eigenvalue weighted by atomic mass is 10.1. The van der Waals surface area contributed by atoms with Gasteiger partial charge in [0, 0.05) is 17.8 Å². The molecule has 0 atom stereocenters. The van der Waals surface area contributed by atoms with Crippen LogP contribution in [-0.2, 0) is 6.54 Å². The molecule has 5 heteroatoms. The molecule has 0 saturated carbocycles. The van der Waals surface area contributed by atoms with Gasteiger partial charge in [-0.05, 0) is 30.3 Å². The molecule has 1 N–H and O–H groups in total. The van der Waals surface area contributed by atoms with Crippen molar-refractivity contribution in [3.8, 4) is 12.1 Å². The quantitative estimate of drug-likeness (QED) is 0.929. The average Bonchev–Trinajstić information content (AvgIpc) is 2.46. The average molecular weight is 269 g/mol.